The normalized spacial score (nSPS) is 12.2. The molecule has 0 aliphatic rings. The zero-order chi connectivity index (χ0) is 40.5. The molecule has 0 spiro atoms. The maximum atomic E-state index is 6.66. The van der Waals surface area contributed by atoms with Crippen molar-refractivity contribution in [3.05, 3.63) is 188 Å². The third-order valence-corrected chi connectivity index (χ3v) is 13.7. The second-order valence-corrected chi connectivity index (χ2v) is 17.0. The molecule has 62 heavy (non-hydrogen) atoms. The summed E-state index contributed by atoms with van der Waals surface area (Å²) in [7, 11) is 0. The fourth-order valence-electron chi connectivity index (χ4n) is 9.91. The largest absolute Gasteiger partial charge is 0.456 e. The van der Waals surface area contributed by atoms with E-state index in [0.29, 0.717) is 17.6 Å². The van der Waals surface area contributed by atoms with Crippen molar-refractivity contribution in [2.24, 2.45) is 0 Å². The lowest BCUT2D eigenvalue weighted by Gasteiger charge is -2.17. The van der Waals surface area contributed by atoms with E-state index in [9.17, 15) is 0 Å². The van der Waals surface area contributed by atoms with E-state index in [1.807, 2.05) is 12.1 Å². The van der Waals surface area contributed by atoms with Gasteiger partial charge in [0.1, 0.15) is 11.2 Å². The lowest BCUT2D eigenvalue weighted by molar-refractivity contribution is 0.669. The van der Waals surface area contributed by atoms with Gasteiger partial charge in [-0.15, -0.1) is 11.3 Å². The number of hydrogen-bond acceptors (Lipinski definition) is 5. The predicted octanol–water partition coefficient (Wildman–Crippen LogP) is 14.8. The second kappa shape index (κ2) is 12.7. The van der Waals surface area contributed by atoms with E-state index in [2.05, 4.69) is 185 Å². The van der Waals surface area contributed by atoms with Crippen molar-refractivity contribution >= 4 is 108 Å². The van der Waals surface area contributed by atoms with E-state index >= 15 is 0 Å². The molecule has 0 radical (unpaired) electrons. The van der Waals surface area contributed by atoms with Gasteiger partial charge in [0.25, 0.3) is 0 Å². The Kier molecular flexibility index (Phi) is 6.89. The van der Waals surface area contributed by atoms with Gasteiger partial charge in [0.05, 0.1) is 33.1 Å². The van der Waals surface area contributed by atoms with E-state index in [0.717, 1.165) is 77.0 Å². The van der Waals surface area contributed by atoms with Gasteiger partial charge in [-0.05, 0) is 71.4 Å². The van der Waals surface area contributed by atoms with Crippen LogP contribution in [0.2, 0.25) is 0 Å². The van der Waals surface area contributed by atoms with E-state index in [1.165, 1.54) is 36.3 Å². The molecule has 0 saturated carbocycles. The summed E-state index contributed by atoms with van der Waals surface area (Å²) in [6, 6.07) is 66.6. The smallest absolute Gasteiger partial charge is 0.238 e. The maximum Gasteiger partial charge on any atom is 0.238 e. The molecule has 5 heterocycles. The van der Waals surface area contributed by atoms with Crippen LogP contribution in [-0.2, 0) is 0 Å². The van der Waals surface area contributed by atoms with Gasteiger partial charge < -0.3 is 8.98 Å². The van der Waals surface area contributed by atoms with Gasteiger partial charge in [-0.1, -0.05) is 127 Å². The quantitative estimate of drug-likeness (QED) is 0.178. The number of aromatic nitrogens is 5. The summed E-state index contributed by atoms with van der Waals surface area (Å²) >= 11 is 1.79. The molecule has 14 aromatic rings. The Labute approximate surface area is 357 Å². The van der Waals surface area contributed by atoms with Crippen molar-refractivity contribution in [2.45, 2.75) is 0 Å². The molecule has 5 aromatic heterocycles. The molecular formula is C55H31N5OS. The monoisotopic (exact) mass is 809 g/mol. The standard InChI is InChI=1S/C55H31N5OS/c1-2-15-33-31-45-41(30-32(33)14-1)36-18-5-8-22-42(36)59(45)52-40(28-29-47-51(52)37-19-6-11-25-46(37)61-47)54-56-53(39-21-13-27-49-50(39)38-20-7-12-26-48(38)62-49)57-55(58-54)60-43-23-9-3-16-34(43)35-17-4-10-24-44(35)60/h1-31H. The first-order valence-electron chi connectivity index (χ1n) is 20.8. The Morgan fingerprint density at radius 1 is 0.371 bits per heavy atom. The molecule has 0 bridgehead atoms. The van der Waals surface area contributed by atoms with Gasteiger partial charge in [-0.3, -0.25) is 4.57 Å². The first kappa shape index (κ1) is 33.7. The van der Waals surface area contributed by atoms with Crippen molar-refractivity contribution in [2.75, 3.05) is 0 Å². The molecule has 0 aliphatic heterocycles. The number of furan rings is 1. The average molecular weight is 810 g/mol. The summed E-state index contributed by atoms with van der Waals surface area (Å²) < 4.78 is 13.7. The molecule has 0 unspecified atom stereocenters. The van der Waals surface area contributed by atoms with Crippen molar-refractivity contribution in [3.63, 3.8) is 0 Å². The zero-order valence-corrected chi connectivity index (χ0v) is 33.8. The lowest BCUT2D eigenvalue weighted by atomic mass is 10.0. The van der Waals surface area contributed by atoms with Gasteiger partial charge in [-0.2, -0.15) is 9.97 Å². The third-order valence-electron chi connectivity index (χ3n) is 12.6. The van der Waals surface area contributed by atoms with E-state index in [-0.39, 0.29) is 0 Å². The SMILES string of the molecule is c1ccc2cc3c(cc2c1)c1ccccc1n3-c1c(-c2nc(-c3cccc4sc5ccccc5c34)nc(-n3c4ccccc4c4ccccc43)n2)ccc2oc3ccccc3c12. The number of hydrogen-bond donors (Lipinski definition) is 0. The predicted molar refractivity (Wildman–Crippen MR) is 257 cm³/mol. The van der Waals surface area contributed by atoms with Crippen LogP contribution in [0, 0.1) is 0 Å². The maximum absolute atomic E-state index is 6.66. The van der Waals surface area contributed by atoms with Crippen LogP contribution in [0.15, 0.2) is 192 Å². The molecule has 0 aliphatic carbocycles. The van der Waals surface area contributed by atoms with Crippen LogP contribution in [0.25, 0.3) is 131 Å². The highest BCUT2D eigenvalue weighted by Crippen LogP contribution is 2.45. The highest BCUT2D eigenvalue weighted by Gasteiger charge is 2.26. The van der Waals surface area contributed by atoms with Crippen LogP contribution in [0.4, 0.5) is 0 Å². The summed E-state index contributed by atoms with van der Waals surface area (Å²) in [5.41, 5.74) is 8.65. The van der Waals surface area contributed by atoms with Gasteiger partial charge >= 0.3 is 0 Å². The third kappa shape index (κ3) is 4.71. The van der Waals surface area contributed by atoms with Crippen molar-refractivity contribution in [3.8, 4) is 34.4 Å². The number of para-hydroxylation sites is 4. The van der Waals surface area contributed by atoms with Crippen LogP contribution >= 0.6 is 11.3 Å². The summed E-state index contributed by atoms with van der Waals surface area (Å²) in [5.74, 6) is 1.73. The highest BCUT2D eigenvalue weighted by molar-refractivity contribution is 7.25. The molecule has 288 valence electrons. The first-order valence-corrected chi connectivity index (χ1v) is 21.6. The number of thiophene rings is 1. The fraction of sp³-hybridized carbons (Fsp3) is 0. The van der Waals surface area contributed by atoms with Gasteiger partial charge in [0.2, 0.25) is 5.95 Å². The molecule has 0 atom stereocenters. The summed E-state index contributed by atoms with van der Waals surface area (Å²) in [4.78, 5) is 16.6. The molecule has 7 heteroatoms. The lowest BCUT2D eigenvalue weighted by Crippen LogP contribution is -2.08. The number of rotatable bonds is 4. The Hall–Kier alpha value is -8.13. The molecule has 0 N–H and O–H groups in total. The van der Waals surface area contributed by atoms with Crippen LogP contribution < -0.4 is 0 Å². The zero-order valence-electron chi connectivity index (χ0n) is 33.0. The molecule has 14 rings (SSSR count). The number of benzene rings is 9. The first-order chi connectivity index (χ1) is 30.7. The minimum Gasteiger partial charge on any atom is -0.456 e. The molecule has 0 fully saturated rings. The average Bonchev–Trinajstić information content (AvgIpc) is 4.08. The Balaban J connectivity index is 1.16. The highest BCUT2D eigenvalue weighted by atomic mass is 32.1. The van der Waals surface area contributed by atoms with Crippen LogP contribution in [0.1, 0.15) is 0 Å². The summed E-state index contributed by atoms with van der Waals surface area (Å²) in [5, 5.41) is 11.3. The van der Waals surface area contributed by atoms with Crippen molar-refractivity contribution in [1.82, 2.24) is 24.1 Å². The van der Waals surface area contributed by atoms with E-state index in [4.69, 9.17) is 19.4 Å². The van der Waals surface area contributed by atoms with Crippen molar-refractivity contribution < 1.29 is 4.42 Å². The van der Waals surface area contributed by atoms with E-state index < -0.39 is 0 Å². The van der Waals surface area contributed by atoms with Crippen LogP contribution in [-0.4, -0.2) is 24.1 Å². The van der Waals surface area contributed by atoms with Crippen LogP contribution in [0.5, 0.6) is 0 Å². The molecular weight excluding hydrogens is 779 g/mol. The number of fused-ring (bicyclic) bond motifs is 13. The molecule has 0 amide bonds. The Morgan fingerprint density at radius 2 is 0.952 bits per heavy atom. The summed E-state index contributed by atoms with van der Waals surface area (Å²) in [6.45, 7) is 0. The fourth-order valence-corrected chi connectivity index (χ4v) is 11.0. The minimum atomic E-state index is 0.551. The minimum absolute atomic E-state index is 0.551. The Morgan fingerprint density at radius 3 is 1.71 bits per heavy atom. The van der Waals surface area contributed by atoms with E-state index in [1.54, 1.807) is 11.3 Å². The van der Waals surface area contributed by atoms with Crippen LogP contribution in [0.3, 0.4) is 0 Å². The molecule has 9 aromatic carbocycles. The van der Waals surface area contributed by atoms with Gasteiger partial charge in [0, 0.05) is 58.2 Å². The Bertz CT molecular complexity index is 4130. The summed E-state index contributed by atoms with van der Waals surface area (Å²) in [6.07, 6.45) is 0. The van der Waals surface area contributed by atoms with Gasteiger partial charge in [-0.25, -0.2) is 4.98 Å². The second-order valence-electron chi connectivity index (χ2n) is 15.9. The molecule has 6 nitrogen and oxygen atoms in total. The van der Waals surface area contributed by atoms with Gasteiger partial charge in [0.15, 0.2) is 11.6 Å². The topological polar surface area (TPSA) is 61.7 Å². The van der Waals surface area contributed by atoms with Crippen molar-refractivity contribution in [1.29, 1.82) is 0 Å². The number of nitrogens with zero attached hydrogens (tertiary/aromatic N) is 5. The molecule has 0 saturated heterocycles.